The number of hydrogen-bond acceptors (Lipinski definition) is 6. The lowest BCUT2D eigenvalue weighted by atomic mass is 9.99. The number of rotatable bonds is 36. The molecule has 0 amide bonds. The van der Waals surface area contributed by atoms with Crippen molar-refractivity contribution >= 4 is 11.9 Å². The summed E-state index contributed by atoms with van der Waals surface area (Å²) < 4.78 is 10.5. The van der Waals surface area contributed by atoms with Crippen molar-refractivity contribution in [1.29, 1.82) is 0 Å². The fourth-order valence-corrected chi connectivity index (χ4v) is 5.66. The molecule has 6 nitrogen and oxygen atoms in total. The van der Waals surface area contributed by atoms with Gasteiger partial charge in [0.25, 0.3) is 0 Å². The molecule has 290 valence electrons. The number of ether oxygens (including phenoxy) is 2. The fraction of sp³-hybridized carbons (Fsp3) is 0.773. The van der Waals surface area contributed by atoms with Crippen molar-refractivity contribution in [2.24, 2.45) is 5.92 Å². The van der Waals surface area contributed by atoms with E-state index in [0.29, 0.717) is 25.7 Å². The second-order valence-corrected chi connectivity index (χ2v) is 14.2. The van der Waals surface area contributed by atoms with Gasteiger partial charge in [0.1, 0.15) is 6.61 Å². The highest BCUT2D eigenvalue weighted by atomic mass is 16.6. The van der Waals surface area contributed by atoms with E-state index in [0.717, 1.165) is 38.0 Å². The maximum absolute atomic E-state index is 12.2. The molecule has 0 rings (SSSR count). The number of hydrogen-bond donors (Lipinski definition) is 2. The summed E-state index contributed by atoms with van der Waals surface area (Å²) in [6.07, 6.45) is 43.4. The van der Waals surface area contributed by atoms with Gasteiger partial charge in [0, 0.05) is 12.8 Å². The van der Waals surface area contributed by atoms with Crippen LogP contribution in [0.15, 0.2) is 48.6 Å². The smallest absolute Gasteiger partial charge is 0.306 e. The predicted molar refractivity (Wildman–Crippen MR) is 211 cm³/mol. The van der Waals surface area contributed by atoms with Crippen molar-refractivity contribution in [2.75, 3.05) is 13.2 Å². The SMILES string of the molecule is CCCCC/C=C\C/C=C\CC(O)/C=C\C=C\CCCC(=O)O[C@@H](CO)COC(=O)CCCCCCCCCCCCCCCCC(C)CC. The summed E-state index contributed by atoms with van der Waals surface area (Å²) >= 11 is 0. The first kappa shape index (κ1) is 47.8. The van der Waals surface area contributed by atoms with Crippen LogP contribution in [0.2, 0.25) is 0 Å². The van der Waals surface area contributed by atoms with Gasteiger partial charge < -0.3 is 19.7 Å². The molecule has 0 saturated heterocycles. The van der Waals surface area contributed by atoms with Crippen molar-refractivity contribution in [1.82, 2.24) is 0 Å². The van der Waals surface area contributed by atoms with E-state index in [1.54, 1.807) is 6.08 Å². The van der Waals surface area contributed by atoms with Crippen LogP contribution in [0.1, 0.15) is 188 Å². The number of unbranched alkanes of at least 4 members (excludes halogenated alkanes) is 17. The monoisotopic (exact) mass is 703 g/mol. The Morgan fingerprint density at radius 2 is 1.22 bits per heavy atom. The maximum atomic E-state index is 12.2. The third-order valence-electron chi connectivity index (χ3n) is 9.25. The van der Waals surface area contributed by atoms with Gasteiger partial charge in [-0.1, -0.05) is 179 Å². The van der Waals surface area contributed by atoms with E-state index in [4.69, 9.17) is 9.47 Å². The van der Waals surface area contributed by atoms with Gasteiger partial charge in [0.2, 0.25) is 0 Å². The third kappa shape index (κ3) is 35.6. The zero-order chi connectivity index (χ0) is 36.8. The summed E-state index contributed by atoms with van der Waals surface area (Å²) in [5.41, 5.74) is 0. The van der Waals surface area contributed by atoms with Gasteiger partial charge in [-0.05, 0) is 50.9 Å². The topological polar surface area (TPSA) is 93.1 Å². The lowest BCUT2D eigenvalue weighted by Gasteiger charge is -2.15. The molecule has 0 spiro atoms. The number of esters is 2. The average Bonchev–Trinajstić information content (AvgIpc) is 3.11. The Hall–Kier alpha value is -2.18. The zero-order valence-corrected chi connectivity index (χ0v) is 32.7. The second-order valence-electron chi connectivity index (χ2n) is 14.2. The van der Waals surface area contributed by atoms with Crippen molar-refractivity contribution in [2.45, 2.75) is 200 Å². The molecule has 0 aromatic rings. The number of carbonyl (C=O) groups excluding carboxylic acids is 2. The zero-order valence-electron chi connectivity index (χ0n) is 32.7. The summed E-state index contributed by atoms with van der Waals surface area (Å²) in [6.45, 7) is 6.37. The summed E-state index contributed by atoms with van der Waals surface area (Å²) in [6, 6.07) is 0. The van der Waals surface area contributed by atoms with Crippen molar-refractivity contribution < 1.29 is 29.3 Å². The normalized spacial score (nSPS) is 13.9. The first-order valence-electron chi connectivity index (χ1n) is 20.7. The minimum absolute atomic E-state index is 0.114. The van der Waals surface area contributed by atoms with Crippen LogP contribution >= 0.6 is 0 Å². The molecule has 0 aromatic heterocycles. The molecule has 0 aromatic carbocycles. The maximum Gasteiger partial charge on any atom is 0.306 e. The molecule has 6 heteroatoms. The van der Waals surface area contributed by atoms with Gasteiger partial charge in [-0.25, -0.2) is 0 Å². The Morgan fingerprint density at radius 3 is 1.84 bits per heavy atom. The van der Waals surface area contributed by atoms with Crippen LogP contribution < -0.4 is 0 Å². The van der Waals surface area contributed by atoms with E-state index in [2.05, 4.69) is 39.0 Å². The largest absolute Gasteiger partial charge is 0.462 e. The lowest BCUT2D eigenvalue weighted by molar-refractivity contribution is -0.161. The van der Waals surface area contributed by atoms with Crippen LogP contribution in [0, 0.1) is 5.92 Å². The average molecular weight is 703 g/mol. The van der Waals surface area contributed by atoms with Gasteiger partial charge in [-0.15, -0.1) is 0 Å². The molecule has 3 atom stereocenters. The third-order valence-corrected chi connectivity index (χ3v) is 9.25. The molecule has 50 heavy (non-hydrogen) atoms. The minimum Gasteiger partial charge on any atom is -0.462 e. The van der Waals surface area contributed by atoms with Crippen LogP contribution in [-0.2, 0) is 19.1 Å². The summed E-state index contributed by atoms with van der Waals surface area (Å²) in [5, 5.41) is 19.6. The highest BCUT2D eigenvalue weighted by Gasteiger charge is 2.16. The van der Waals surface area contributed by atoms with Gasteiger partial charge in [0.15, 0.2) is 6.10 Å². The Bertz CT molecular complexity index is 876. The summed E-state index contributed by atoms with van der Waals surface area (Å²) in [5.74, 6) is 0.176. The Morgan fingerprint density at radius 1 is 0.640 bits per heavy atom. The molecule has 0 aliphatic heterocycles. The van der Waals surface area contributed by atoms with Crippen LogP contribution in [0.25, 0.3) is 0 Å². The van der Waals surface area contributed by atoms with Gasteiger partial charge >= 0.3 is 11.9 Å². The van der Waals surface area contributed by atoms with E-state index in [-0.39, 0.29) is 25.6 Å². The molecule has 0 radical (unpaired) electrons. The van der Waals surface area contributed by atoms with Gasteiger partial charge in [-0.3, -0.25) is 9.59 Å². The van der Waals surface area contributed by atoms with E-state index < -0.39 is 18.2 Å². The van der Waals surface area contributed by atoms with E-state index in [1.807, 2.05) is 24.3 Å². The molecular formula is C44H78O6. The van der Waals surface area contributed by atoms with Gasteiger partial charge in [-0.2, -0.15) is 0 Å². The van der Waals surface area contributed by atoms with E-state index in [9.17, 15) is 19.8 Å². The Labute approximate surface area is 308 Å². The van der Waals surface area contributed by atoms with E-state index in [1.165, 1.54) is 103 Å². The van der Waals surface area contributed by atoms with Crippen molar-refractivity contribution in [3.63, 3.8) is 0 Å². The molecule has 2 N–H and O–H groups in total. The summed E-state index contributed by atoms with van der Waals surface area (Å²) in [7, 11) is 0. The molecular weight excluding hydrogens is 624 g/mol. The second kappa shape index (κ2) is 38.1. The Kier molecular flexibility index (Phi) is 36.4. The minimum atomic E-state index is -0.832. The molecule has 0 bridgehead atoms. The highest BCUT2D eigenvalue weighted by molar-refractivity contribution is 5.70. The van der Waals surface area contributed by atoms with Crippen molar-refractivity contribution in [3.05, 3.63) is 48.6 Å². The van der Waals surface area contributed by atoms with Crippen LogP contribution in [0.3, 0.4) is 0 Å². The van der Waals surface area contributed by atoms with Gasteiger partial charge in [0.05, 0.1) is 12.7 Å². The fourth-order valence-electron chi connectivity index (χ4n) is 5.66. The summed E-state index contributed by atoms with van der Waals surface area (Å²) in [4.78, 5) is 24.3. The van der Waals surface area contributed by atoms with Crippen LogP contribution in [-0.4, -0.2) is 47.6 Å². The lowest BCUT2D eigenvalue weighted by Crippen LogP contribution is -2.28. The molecule has 0 aliphatic carbocycles. The van der Waals surface area contributed by atoms with E-state index >= 15 is 0 Å². The quantitative estimate of drug-likeness (QED) is 0.0292. The molecule has 0 heterocycles. The first-order chi connectivity index (χ1) is 24.4. The number of allylic oxidation sites excluding steroid dienone is 6. The first-order valence-corrected chi connectivity index (χ1v) is 20.7. The van der Waals surface area contributed by atoms with Crippen molar-refractivity contribution in [3.8, 4) is 0 Å². The number of aliphatic hydroxyl groups is 2. The van der Waals surface area contributed by atoms with Crippen LogP contribution in [0.5, 0.6) is 0 Å². The molecule has 0 saturated carbocycles. The Balaban J connectivity index is 3.71. The van der Waals surface area contributed by atoms with Crippen LogP contribution in [0.4, 0.5) is 0 Å². The standard InChI is InChI=1S/C44H78O6/c1-4-6-7-8-9-16-20-24-29-34-41(46)35-30-25-22-27-32-37-44(48)50-42(38-45)39-49-43(47)36-31-26-21-18-15-13-11-10-12-14-17-19-23-28-33-40(3)5-2/h9,16,22,24-25,29-30,35,40-42,45-46H,4-8,10-15,17-21,23,26-28,31-34,36-39H2,1-3H3/b16-9-,25-22+,29-24-,35-30-/t40?,41?,42-/m0/s1. The number of aliphatic hydroxyl groups excluding tert-OH is 2. The molecule has 0 aliphatic rings. The highest BCUT2D eigenvalue weighted by Crippen LogP contribution is 2.16. The predicted octanol–water partition coefficient (Wildman–Crippen LogP) is 11.8. The molecule has 0 fully saturated rings. The number of carbonyl (C=O) groups is 2. The molecule has 2 unspecified atom stereocenters.